The van der Waals surface area contributed by atoms with Crippen LogP contribution in [0.5, 0.6) is 0 Å². The fourth-order valence-electron chi connectivity index (χ4n) is 6.20. The maximum Gasteiger partial charge on any atom is 0.411 e. The minimum absolute atomic E-state index is 0.0115. The van der Waals surface area contributed by atoms with Gasteiger partial charge in [-0.1, -0.05) is 28.9 Å². The summed E-state index contributed by atoms with van der Waals surface area (Å²) in [4.78, 5) is 40.2. The van der Waals surface area contributed by atoms with Gasteiger partial charge in [0.2, 0.25) is 5.79 Å². The molecule has 1 saturated heterocycles. The number of amides is 1. The Balaban J connectivity index is 1.55. The van der Waals surface area contributed by atoms with E-state index in [0.29, 0.717) is 25.0 Å². The summed E-state index contributed by atoms with van der Waals surface area (Å²) in [5.41, 5.74) is 4.50. The Hall–Kier alpha value is -2.97. The van der Waals surface area contributed by atoms with Crippen molar-refractivity contribution in [2.75, 3.05) is 13.2 Å². The van der Waals surface area contributed by atoms with Crippen molar-refractivity contribution in [2.45, 2.75) is 124 Å². The molecule has 0 bridgehead atoms. The van der Waals surface area contributed by atoms with E-state index in [4.69, 9.17) is 18.9 Å². The number of fused-ring (bicyclic) bond motifs is 1. The molecule has 0 radical (unpaired) electrons. The number of hydrogen-bond donors (Lipinski definition) is 0. The van der Waals surface area contributed by atoms with Gasteiger partial charge < -0.3 is 18.9 Å². The van der Waals surface area contributed by atoms with Gasteiger partial charge >= 0.3 is 12.1 Å². The lowest BCUT2D eigenvalue weighted by atomic mass is 9.79. The average molecular weight is 596 g/mol. The average Bonchev–Trinajstić information content (AvgIpc) is 3.37. The normalized spacial score (nSPS) is 29.4. The van der Waals surface area contributed by atoms with E-state index in [-0.39, 0.29) is 30.8 Å². The quantitative estimate of drug-likeness (QED) is 0.233. The number of hydrogen-bond acceptors (Lipinski definition) is 7. The highest BCUT2D eigenvalue weighted by atomic mass is 16.7. The number of nitrogens with zero attached hydrogens (tertiary/aromatic N) is 1. The molecule has 1 amide bonds. The zero-order valence-electron chi connectivity index (χ0n) is 27.2. The van der Waals surface area contributed by atoms with E-state index in [1.54, 1.807) is 20.8 Å². The molecule has 0 aromatic heterocycles. The molecule has 0 aromatic rings. The second-order valence-electron chi connectivity index (χ2n) is 13.7. The van der Waals surface area contributed by atoms with Gasteiger partial charge in [0.25, 0.3) is 0 Å². The number of ketones is 1. The first-order chi connectivity index (χ1) is 20.1. The number of esters is 1. The molecule has 0 aromatic carbocycles. The van der Waals surface area contributed by atoms with E-state index in [0.717, 1.165) is 30.4 Å². The van der Waals surface area contributed by atoms with Gasteiger partial charge in [-0.3, -0.25) is 9.69 Å². The Morgan fingerprint density at radius 1 is 1.12 bits per heavy atom. The van der Waals surface area contributed by atoms with E-state index in [2.05, 4.69) is 39.8 Å². The summed E-state index contributed by atoms with van der Waals surface area (Å²) in [6.07, 6.45) is 13.3. The van der Waals surface area contributed by atoms with Gasteiger partial charge in [0.1, 0.15) is 18.2 Å². The van der Waals surface area contributed by atoms with Gasteiger partial charge in [0, 0.05) is 18.9 Å². The van der Waals surface area contributed by atoms with Crippen LogP contribution in [0, 0.1) is 5.92 Å². The molecule has 4 rings (SSSR count). The Morgan fingerprint density at radius 3 is 2.56 bits per heavy atom. The van der Waals surface area contributed by atoms with Crippen LogP contribution in [0.4, 0.5) is 4.79 Å². The SMILES string of the molecule is CC(C)=CCC/C(C)=C/[C@@H]1CC(C)=C[C@]2(C=C(COC(=O)C3CCCN3C(=O)OC(C)(C)C)C3CC(=O)C(C)=C[C@H]3O2)O1. The molecule has 1 fully saturated rings. The fraction of sp³-hybridized carbons (Fsp3) is 0.629. The number of Topliss-reactive ketones (excluding diaryl/α,β-unsaturated/α-hetero) is 1. The van der Waals surface area contributed by atoms with Crippen LogP contribution in [-0.4, -0.2) is 65.5 Å². The molecule has 43 heavy (non-hydrogen) atoms. The zero-order chi connectivity index (χ0) is 31.5. The standard InChI is InChI=1S/C35H49NO7/c1-22(2)11-9-12-23(3)15-27-16-24(4)19-35(41-27)20-26(28-18-30(37)25(5)17-31(28)42-35)21-40-32(38)29-13-10-14-36(29)33(39)43-34(6,7)8/h11,15,17,19-20,27-29,31H,9-10,12-14,16,18,21H2,1-8H3/b23-15+/t27-,28?,29?,31-,35+/m1/s1. The predicted molar refractivity (Wildman–Crippen MR) is 165 cm³/mol. The van der Waals surface area contributed by atoms with Crippen molar-refractivity contribution in [1.29, 1.82) is 0 Å². The first kappa shape index (κ1) is 32.9. The molecule has 4 aliphatic rings. The summed E-state index contributed by atoms with van der Waals surface area (Å²) < 4.78 is 24.6. The summed E-state index contributed by atoms with van der Waals surface area (Å²) in [5.74, 6) is -1.83. The molecule has 2 unspecified atom stereocenters. The van der Waals surface area contributed by atoms with Crippen LogP contribution in [-0.2, 0) is 28.5 Å². The van der Waals surface area contributed by atoms with Gasteiger partial charge in [-0.25, -0.2) is 9.59 Å². The molecule has 1 aliphatic carbocycles. The molecule has 8 nitrogen and oxygen atoms in total. The van der Waals surface area contributed by atoms with Crippen LogP contribution in [0.1, 0.15) is 93.9 Å². The number of carbonyl (C=O) groups excluding carboxylic acids is 3. The van der Waals surface area contributed by atoms with Gasteiger partial charge in [0.05, 0.1) is 12.2 Å². The number of ether oxygens (including phenoxy) is 4. The zero-order valence-corrected chi connectivity index (χ0v) is 27.2. The lowest BCUT2D eigenvalue weighted by Gasteiger charge is -2.45. The summed E-state index contributed by atoms with van der Waals surface area (Å²) in [5, 5.41) is 0. The van der Waals surface area contributed by atoms with Crippen molar-refractivity contribution >= 4 is 17.8 Å². The summed E-state index contributed by atoms with van der Waals surface area (Å²) >= 11 is 0. The van der Waals surface area contributed by atoms with Crippen LogP contribution in [0.3, 0.4) is 0 Å². The fourth-order valence-corrected chi connectivity index (χ4v) is 6.20. The maximum absolute atomic E-state index is 13.3. The minimum atomic E-state index is -1.14. The van der Waals surface area contributed by atoms with Crippen molar-refractivity contribution in [2.24, 2.45) is 5.92 Å². The van der Waals surface area contributed by atoms with Crippen LogP contribution in [0.25, 0.3) is 0 Å². The third-order valence-corrected chi connectivity index (χ3v) is 8.24. The summed E-state index contributed by atoms with van der Waals surface area (Å²) in [6, 6.07) is -0.702. The lowest BCUT2D eigenvalue weighted by molar-refractivity contribution is -0.225. The van der Waals surface area contributed by atoms with Crippen LogP contribution in [0.15, 0.2) is 58.2 Å². The molecular weight excluding hydrogens is 546 g/mol. The molecule has 3 aliphatic heterocycles. The second kappa shape index (κ2) is 13.3. The molecule has 0 saturated carbocycles. The third kappa shape index (κ3) is 8.57. The molecule has 5 atom stereocenters. The number of allylic oxidation sites excluding steroid dienone is 4. The van der Waals surface area contributed by atoms with Crippen LogP contribution < -0.4 is 0 Å². The summed E-state index contributed by atoms with van der Waals surface area (Å²) in [6.45, 7) is 16.1. The largest absolute Gasteiger partial charge is 0.460 e. The van der Waals surface area contributed by atoms with E-state index in [1.165, 1.54) is 16.0 Å². The van der Waals surface area contributed by atoms with E-state index in [9.17, 15) is 14.4 Å². The van der Waals surface area contributed by atoms with Gasteiger partial charge in [-0.2, -0.15) is 0 Å². The highest BCUT2D eigenvalue weighted by Crippen LogP contribution is 2.43. The second-order valence-corrected chi connectivity index (χ2v) is 13.7. The third-order valence-electron chi connectivity index (χ3n) is 8.24. The Kier molecular flexibility index (Phi) is 10.2. The van der Waals surface area contributed by atoms with E-state index in [1.807, 2.05) is 25.2 Å². The van der Waals surface area contributed by atoms with E-state index < -0.39 is 35.6 Å². The van der Waals surface area contributed by atoms with Gasteiger partial charge in [-0.05, 0) is 117 Å². The molecule has 236 valence electrons. The van der Waals surface area contributed by atoms with Gasteiger partial charge in [-0.15, -0.1) is 0 Å². The number of likely N-dealkylation sites (tertiary alicyclic amines) is 1. The van der Waals surface area contributed by atoms with Crippen molar-refractivity contribution in [3.05, 3.63) is 58.2 Å². The highest BCUT2D eigenvalue weighted by Gasteiger charge is 2.46. The van der Waals surface area contributed by atoms with Crippen molar-refractivity contribution in [3.8, 4) is 0 Å². The first-order valence-electron chi connectivity index (χ1n) is 15.6. The monoisotopic (exact) mass is 595 g/mol. The summed E-state index contributed by atoms with van der Waals surface area (Å²) in [7, 11) is 0. The van der Waals surface area contributed by atoms with Crippen LogP contribution >= 0.6 is 0 Å². The van der Waals surface area contributed by atoms with Crippen molar-refractivity contribution < 1.29 is 33.3 Å². The molecule has 3 heterocycles. The Labute approximate surface area is 256 Å². The molecule has 0 N–H and O–H groups in total. The smallest absolute Gasteiger partial charge is 0.411 e. The maximum atomic E-state index is 13.3. The lowest BCUT2D eigenvalue weighted by Crippen LogP contribution is -2.49. The molecule has 1 spiro atoms. The first-order valence-corrected chi connectivity index (χ1v) is 15.6. The highest BCUT2D eigenvalue weighted by molar-refractivity contribution is 5.96. The number of rotatable bonds is 7. The van der Waals surface area contributed by atoms with Crippen molar-refractivity contribution in [1.82, 2.24) is 4.90 Å². The van der Waals surface area contributed by atoms with Crippen molar-refractivity contribution in [3.63, 3.8) is 0 Å². The predicted octanol–water partition coefficient (Wildman–Crippen LogP) is 6.91. The number of carbonyl (C=O) groups is 3. The topological polar surface area (TPSA) is 91.4 Å². The van der Waals surface area contributed by atoms with Crippen LogP contribution in [0.2, 0.25) is 0 Å². The molecular formula is C35H49NO7. The Morgan fingerprint density at radius 2 is 1.86 bits per heavy atom. The molecule has 8 heteroatoms. The Bertz CT molecular complexity index is 1260. The van der Waals surface area contributed by atoms with Gasteiger partial charge in [0.15, 0.2) is 5.78 Å². The minimum Gasteiger partial charge on any atom is -0.460 e. The van der Waals surface area contributed by atoms with E-state index >= 15 is 0 Å².